The Morgan fingerprint density at radius 3 is 2.14 bits per heavy atom. The van der Waals surface area contributed by atoms with Crippen molar-refractivity contribution in [1.82, 2.24) is 4.90 Å². The van der Waals surface area contributed by atoms with Crippen LogP contribution in [0.2, 0.25) is 0 Å². The molecule has 1 amide bonds. The molecule has 0 heterocycles. The summed E-state index contributed by atoms with van der Waals surface area (Å²) in [6.45, 7) is 6.95. The standard InChI is InChI=1S/C17H21NO3/c1-5-8-18(9-6-2)16(19)14-10-13(7-3)11-15(12(14)4)17(20)21/h3,10-11H,5-6,8-9H2,1-2,4H3,(H,20,21). The molecule has 0 fully saturated rings. The van der Waals surface area contributed by atoms with E-state index in [1.54, 1.807) is 17.9 Å². The Labute approximate surface area is 125 Å². The van der Waals surface area contributed by atoms with Crippen molar-refractivity contribution in [3.05, 3.63) is 34.4 Å². The highest BCUT2D eigenvalue weighted by Gasteiger charge is 2.21. The maximum atomic E-state index is 12.7. The number of carbonyl (C=O) groups excluding carboxylic acids is 1. The molecule has 0 unspecified atom stereocenters. The smallest absolute Gasteiger partial charge is 0.336 e. The molecule has 0 saturated heterocycles. The summed E-state index contributed by atoms with van der Waals surface area (Å²) in [5.74, 6) is 1.18. The first-order valence-corrected chi connectivity index (χ1v) is 7.10. The van der Waals surface area contributed by atoms with Gasteiger partial charge in [0.1, 0.15) is 0 Å². The number of terminal acetylenes is 1. The molecular formula is C17H21NO3. The molecule has 0 aromatic heterocycles. The number of rotatable bonds is 6. The van der Waals surface area contributed by atoms with Gasteiger partial charge in [-0.2, -0.15) is 0 Å². The average molecular weight is 287 g/mol. The van der Waals surface area contributed by atoms with Gasteiger partial charge in [0.25, 0.3) is 5.91 Å². The second kappa shape index (κ2) is 7.49. The molecule has 0 aliphatic heterocycles. The molecule has 0 spiro atoms. The molecule has 112 valence electrons. The second-order valence-corrected chi connectivity index (χ2v) is 4.94. The average Bonchev–Trinajstić information content (AvgIpc) is 2.46. The number of hydrogen-bond acceptors (Lipinski definition) is 2. The van der Waals surface area contributed by atoms with E-state index in [0.29, 0.717) is 29.8 Å². The first kappa shape index (κ1) is 16.8. The fraction of sp³-hybridized carbons (Fsp3) is 0.412. The summed E-state index contributed by atoms with van der Waals surface area (Å²) in [5, 5.41) is 9.24. The van der Waals surface area contributed by atoms with Crippen molar-refractivity contribution >= 4 is 11.9 Å². The number of carbonyl (C=O) groups is 2. The van der Waals surface area contributed by atoms with Crippen molar-refractivity contribution in [2.75, 3.05) is 13.1 Å². The molecule has 0 radical (unpaired) electrons. The first-order valence-electron chi connectivity index (χ1n) is 7.10. The topological polar surface area (TPSA) is 57.6 Å². The van der Waals surface area contributed by atoms with E-state index < -0.39 is 5.97 Å². The van der Waals surface area contributed by atoms with Crippen LogP contribution in [0, 0.1) is 19.3 Å². The Morgan fingerprint density at radius 2 is 1.71 bits per heavy atom. The Balaban J connectivity index is 3.34. The van der Waals surface area contributed by atoms with Crippen molar-refractivity contribution in [2.45, 2.75) is 33.6 Å². The van der Waals surface area contributed by atoms with Crippen LogP contribution in [0.5, 0.6) is 0 Å². The number of nitrogens with zero attached hydrogens (tertiary/aromatic N) is 1. The van der Waals surface area contributed by atoms with Crippen molar-refractivity contribution < 1.29 is 14.7 Å². The predicted molar refractivity (Wildman–Crippen MR) is 82.6 cm³/mol. The zero-order valence-electron chi connectivity index (χ0n) is 12.8. The van der Waals surface area contributed by atoms with Crippen LogP contribution in [0.15, 0.2) is 12.1 Å². The zero-order valence-corrected chi connectivity index (χ0v) is 12.8. The van der Waals surface area contributed by atoms with Crippen molar-refractivity contribution in [2.24, 2.45) is 0 Å². The largest absolute Gasteiger partial charge is 0.478 e. The minimum Gasteiger partial charge on any atom is -0.478 e. The molecule has 21 heavy (non-hydrogen) atoms. The van der Waals surface area contributed by atoms with Gasteiger partial charge in [-0.25, -0.2) is 4.79 Å². The number of aromatic carboxylic acids is 1. The van der Waals surface area contributed by atoms with Crippen LogP contribution < -0.4 is 0 Å². The third-order valence-corrected chi connectivity index (χ3v) is 3.31. The SMILES string of the molecule is C#Cc1cc(C(=O)O)c(C)c(C(=O)N(CCC)CCC)c1. The molecule has 1 rings (SSSR count). The van der Waals surface area contributed by atoms with Crippen molar-refractivity contribution in [1.29, 1.82) is 0 Å². The highest BCUT2D eigenvalue weighted by Crippen LogP contribution is 2.19. The summed E-state index contributed by atoms with van der Waals surface area (Å²) in [6, 6.07) is 3.03. The number of amides is 1. The molecule has 0 bridgehead atoms. The van der Waals surface area contributed by atoms with Gasteiger partial charge in [0.2, 0.25) is 0 Å². The van der Waals surface area contributed by atoms with E-state index in [1.165, 1.54) is 6.07 Å². The van der Waals surface area contributed by atoms with Gasteiger partial charge in [-0.15, -0.1) is 6.42 Å². The van der Waals surface area contributed by atoms with E-state index in [-0.39, 0.29) is 11.5 Å². The third-order valence-electron chi connectivity index (χ3n) is 3.31. The van der Waals surface area contributed by atoms with E-state index in [0.717, 1.165) is 12.8 Å². The Bertz CT molecular complexity index is 578. The van der Waals surface area contributed by atoms with Gasteiger partial charge in [-0.1, -0.05) is 19.8 Å². The molecule has 1 N–H and O–H groups in total. The molecule has 4 nitrogen and oxygen atoms in total. The number of carboxylic acid groups (broad SMARTS) is 1. The third kappa shape index (κ3) is 3.85. The van der Waals surface area contributed by atoms with Gasteiger partial charge in [0, 0.05) is 24.2 Å². The summed E-state index contributed by atoms with van der Waals surface area (Å²) in [4.78, 5) is 25.7. The van der Waals surface area contributed by atoms with Crippen molar-refractivity contribution in [3.63, 3.8) is 0 Å². The molecule has 0 aliphatic carbocycles. The number of carboxylic acids is 1. The lowest BCUT2D eigenvalue weighted by atomic mass is 9.97. The number of benzene rings is 1. The Hall–Kier alpha value is -2.28. The monoisotopic (exact) mass is 287 g/mol. The van der Waals surface area contributed by atoms with Crippen LogP contribution in [-0.2, 0) is 0 Å². The van der Waals surface area contributed by atoms with Crippen LogP contribution >= 0.6 is 0 Å². The second-order valence-electron chi connectivity index (χ2n) is 4.94. The van der Waals surface area contributed by atoms with Gasteiger partial charge >= 0.3 is 5.97 Å². The lowest BCUT2D eigenvalue weighted by molar-refractivity contribution is 0.0696. The van der Waals surface area contributed by atoms with Crippen molar-refractivity contribution in [3.8, 4) is 12.3 Å². The van der Waals surface area contributed by atoms with Gasteiger partial charge < -0.3 is 10.0 Å². The highest BCUT2D eigenvalue weighted by molar-refractivity contribution is 6.00. The van der Waals surface area contributed by atoms with E-state index in [4.69, 9.17) is 6.42 Å². The predicted octanol–water partition coefficient (Wildman–Crippen LogP) is 2.94. The van der Waals surface area contributed by atoms with Gasteiger partial charge in [0.05, 0.1) is 5.56 Å². The van der Waals surface area contributed by atoms with Crippen LogP contribution in [0.3, 0.4) is 0 Å². The van der Waals surface area contributed by atoms with E-state index in [2.05, 4.69) is 5.92 Å². The first-order chi connectivity index (χ1) is 9.96. The fourth-order valence-electron chi connectivity index (χ4n) is 2.27. The molecule has 0 aliphatic rings. The van der Waals surface area contributed by atoms with Crippen LogP contribution in [0.25, 0.3) is 0 Å². The summed E-state index contributed by atoms with van der Waals surface area (Å²) in [5.41, 5.74) is 1.34. The van der Waals surface area contributed by atoms with Gasteiger partial charge in [-0.05, 0) is 37.5 Å². The van der Waals surface area contributed by atoms with Gasteiger partial charge in [-0.3, -0.25) is 4.79 Å². The summed E-state index contributed by atoms with van der Waals surface area (Å²) in [7, 11) is 0. The molecular weight excluding hydrogens is 266 g/mol. The highest BCUT2D eigenvalue weighted by atomic mass is 16.4. The lowest BCUT2D eigenvalue weighted by Crippen LogP contribution is -2.33. The molecule has 0 saturated carbocycles. The maximum Gasteiger partial charge on any atom is 0.336 e. The zero-order chi connectivity index (χ0) is 16.0. The summed E-state index contributed by atoms with van der Waals surface area (Å²) >= 11 is 0. The minimum atomic E-state index is -1.07. The normalized spacial score (nSPS) is 10.0. The quantitative estimate of drug-likeness (QED) is 0.818. The Morgan fingerprint density at radius 1 is 1.19 bits per heavy atom. The Kier molecular flexibility index (Phi) is 5.98. The van der Waals surface area contributed by atoms with Gasteiger partial charge in [0.15, 0.2) is 0 Å². The van der Waals surface area contributed by atoms with Crippen LogP contribution in [0.1, 0.15) is 58.5 Å². The van der Waals surface area contributed by atoms with Crippen LogP contribution in [-0.4, -0.2) is 35.0 Å². The molecule has 1 aromatic rings. The summed E-state index contributed by atoms with van der Waals surface area (Å²) < 4.78 is 0. The van der Waals surface area contributed by atoms with E-state index >= 15 is 0 Å². The van der Waals surface area contributed by atoms with E-state index in [9.17, 15) is 14.7 Å². The molecule has 0 atom stereocenters. The fourth-order valence-corrected chi connectivity index (χ4v) is 2.27. The molecule has 4 heteroatoms. The lowest BCUT2D eigenvalue weighted by Gasteiger charge is -2.23. The number of hydrogen-bond donors (Lipinski definition) is 1. The minimum absolute atomic E-state index is 0.0850. The molecule has 1 aromatic carbocycles. The maximum absolute atomic E-state index is 12.7. The van der Waals surface area contributed by atoms with Crippen LogP contribution in [0.4, 0.5) is 0 Å². The summed E-state index contributed by atoms with van der Waals surface area (Å²) in [6.07, 6.45) is 7.07. The van der Waals surface area contributed by atoms with E-state index in [1.807, 2.05) is 13.8 Å².